The average Bonchev–Trinajstić information content (AvgIpc) is 2.77. The first-order chi connectivity index (χ1) is 9.91. The Hall–Kier alpha value is -0.960. The SMILES string of the molecule is Cc1noc(C)c1S(=O)(=O)N1CCO[C@H]2CCN(C)C[C@H]21. The molecule has 7 nitrogen and oxygen atoms in total. The highest BCUT2D eigenvalue weighted by molar-refractivity contribution is 7.89. The van der Waals surface area contributed by atoms with Crippen LogP contribution in [0.5, 0.6) is 0 Å². The smallest absolute Gasteiger partial charge is 0.248 e. The number of hydrogen-bond acceptors (Lipinski definition) is 6. The number of rotatable bonds is 2. The van der Waals surface area contributed by atoms with Crippen molar-refractivity contribution in [3.63, 3.8) is 0 Å². The predicted molar refractivity (Wildman–Crippen MR) is 75.5 cm³/mol. The van der Waals surface area contributed by atoms with Crippen molar-refractivity contribution in [1.29, 1.82) is 0 Å². The van der Waals surface area contributed by atoms with E-state index in [0.29, 0.717) is 31.2 Å². The van der Waals surface area contributed by atoms with E-state index in [9.17, 15) is 8.42 Å². The van der Waals surface area contributed by atoms with Crippen LogP contribution in [0.4, 0.5) is 0 Å². The van der Waals surface area contributed by atoms with Gasteiger partial charge in [-0.15, -0.1) is 0 Å². The van der Waals surface area contributed by atoms with Crippen molar-refractivity contribution in [2.45, 2.75) is 37.3 Å². The van der Waals surface area contributed by atoms with Crippen LogP contribution in [0.15, 0.2) is 9.42 Å². The van der Waals surface area contributed by atoms with Crippen LogP contribution in [-0.4, -0.2) is 68.2 Å². The van der Waals surface area contributed by atoms with E-state index < -0.39 is 10.0 Å². The molecular formula is C13H21N3O4S. The van der Waals surface area contributed by atoms with Crippen LogP contribution in [0.2, 0.25) is 0 Å². The second kappa shape index (κ2) is 5.35. The van der Waals surface area contributed by atoms with Gasteiger partial charge in [0.15, 0.2) is 5.76 Å². The fourth-order valence-corrected chi connectivity index (χ4v) is 5.18. The molecule has 8 heteroatoms. The molecule has 3 rings (SSSR count). The molecule has 0 amide bonds. The minimum absolute atomic E-state index is 0.0230. The predicted octanol–water partition coefficient (Wildman–Crippen LogP) is 0.385. The third-order valence-corrected chi connectivity index (χ3v) is 6.44. The number of likely N-dealkylation sites (N-methyl/N-ethyl adjacent to an activating group) is 1. The summed E-state index contributed by atoms with van der Waals surface area (Å²) < 4.78 is 38.4. The van der Waals surface area contributed by atoms with Gasteiger partial charge in [-0.25, -0.2) is 8.42 Å². The molecule has 0 spiro atoms. The average molecular weight is 315 g/mol. The molecule has 2 aliphatic heterocycles. The number of aromatic nitrogens is 1. The molecule has 0 aliphatic carbocycles. The highest BCUT2D eigenvalue weighted by Gasteiger charge is 2.43. The first-order valence-corrected chi connectivity index (χ1v) is 8.60. The largest absolute Gasteiger partial charge is 0.375 e. The van der Waals surface area contributed by atoms with E-state index in [1.165, 1.54) is 0 Å². The maximum Gasteiger partial charge on any atom is 0.248 e. The van der Waals surface area contributed by atoms with E-state index in [2.05, 4.69) is 10.1 Å². The molecule has 1 aromatic rings. The third kappa shape index (κ3) is 2.50. The molecule has 0 bridgehead atoms. The summed E-state index contributed by atoms with van der Waals surface area (Å²) in [4.78, 5) is 2.35. The highest BCUT2D eigenvalue weighted by atomic mass is 32.2. The van der Waals surface area contributed by atoms with Gasteiger partial charge in [-0.05, 0) is 27.3 Å². The number of ether oxygens (including phenoxy) is 1. The van der Waals surface area contributed by atoms with Crippen molar-refractivity contribution >= 4 is 10.0 Å². The summed E-state index contributed by atoms with van der Waals surface area (Å²) in [5.74, 6) is 0.347. The Balaban J connectivity index is 1.97. The molecule has 3 heterocycles. The van der Waals surface area contributed by atoms with Crippen LogP contribution in [0, 0.1) is 13.8 Å². The van der Waals surface area contributed by atoms with Gasteiger partial charge in [0.25, 0.3) is 0 Å². The second-order valence-corrected chi connectivity index (χ2v) is 7.62. The fraction of sp³-hybridized carbons (Fsp3) is 0.769. The summed E-state index contributed by atoms with van der Waals surface area (Å²) in [6, 6.07) is -0.142. The lowest BCUT2D eigenvalue weighted by Gasteiger charge is -2.45. The van der Waals surface area contributed by atoms with Crippen LogP contribution < -0.4 is 0 Å². The maximum absolute atomic E-state index is 13.0. The van der Waals surface area contributed by atoms with Crippen LogP contribution in [0.3, 0.4) is 0 Å². The van der Waals surface area contributed by atoms with Crippen molar-refractivity contribution in [1.82, 2.24) is 14.4 Å². The number of likely N-dealkylation sites (tertiary alicyclic amines) is 1. The molecule has 0 N–H and O–H groups in total. The molecule has 21 heavy (non-hydrogen) atoms. The second-order valence-electron chi connectivity index (χ2n) is 5.80. The van der Waals surface area contributed by atoms with E-state index in [-0.39, 0.29) is 17.0 Å². The van der Waals surface area contributed by atoms with Crippen LogP contribution in [-0.2, 0) is 14.8 Å². The number of aryl methyl sites for hydroxylation is 2. The number of fused-ring (bicyclic) bond motifs is 1. The molecule has 0 aromatic carbocycles. The Morgan fingerprint density at radius 2 is 2.05 bits per heavy atom. The Labute approximate surface area is 124 Å². The highest BCUT2D eigenvalue weighted by Crippen LogP contribution is 2.30. The van der Waals surface area contributed by atoms with E-state index in [1.54, 1.807) is 18.2 Å². The summed E-state index contributed by atoms with van der Waals surface area (Å²) in [6.45, 7) is 5.73. The molecule has 0 unspecified atom stereocenters. The van der Waals surface area contributed by atoms with Gasteiger partial charge in [-0.2, -0.15) is 4.31 Å². The lowest BCUT2D eigenvalue weighted by atomic mass is 10.0. The molecule has 0 radical (unpaired) electrons. The van der Waals surface area contributed by atoms with Crippen molar-refractivity contribution in [3.8, 4) is 0 Å². The maximum atomic E-state index is 13.0. The van der Waals surface area contributed by atoms with Gasteiger partial charge >= 0.3 is 0 Å². The molecule has 2 fully saturated rings. The topological polar surface area (TPSA) is 75.9 Å². The molecule has 2 atom stereocenters. The number of sulfonamides is 1. The number of piperidine rings is 1. The van der Waals surface area contributed by atoms with Gasteiger partial charge in [0, 0.05) is 19.6 Å². The zero-order valence-corrected chi connectivity index (χ0v) is 13.4. The molecule has 118 valence electrons. The Bertz CT molecular complexity index is 608. The Morgan fingerprint density at radius 1 is 1.29 bits per heavy atom. The first kappa shape index (κ1) is 15.0. The van der Waals surface area contributed by atoms with Gasteiger partial charge in [-0.1, -0.05) is 5.16 Å². The van der Waals surface area contributed by atoms with Gasteiger partial charge < -0.3 is 14.2 Å². The van der Waals surface area contributed by atoms with E-state index in [1.807, 2.05) is 7.05 Å². The fourth-order valence-electron chi connectivity index (χ4n) is 3.26. The molecular weight excluding hydrogens is 294 g/mol. The summed E-state index contributed by atoms with van der Waals surface area (Å²) >= 11 is 0. The third-order valence-electron chi connectivity index (χ3n) is 4.27. The van der Waals surface area contributed by atoms with Crippen LogP contribution in [0.1, 0.15) is 17.9 Å². The number of nitrogens with zero attached hydrogens (tertiary/aromatic N) is 3. The standard InChI is InChI=1S/C13H21N3O4S/c1-9-13(10(2)20-14-9)21(17,18)16-6-7-19-12-4-5-15(3)8-11(12)16/h11-12H,4-8H2,1-3H3/t11-,12+/m1/s1. The summed E-state index contributed by atoms with van der Waals surface area (Å²) in [7, 11) is -1.60. The normalized spacial score (nSPS) is 28.5. The molecule has 2 aliphatic rings. The summed E-state index contributed by atoms with van der Waals surface area (Å²) in [6.07, 6.45) is 0.833. The van der Waals surface area contributed by atoms with Gasteiger partial charge in [0.05, 0.1) is 18.8 Å². The Kier molecular flexibility index (Phi) is 3.81. The lowest BCUT2D eigenvalue weighted by Crippen LogP contribution is -2.60. The first-order valence-electron chi connectivity index (χ1n) is 7.16. The summed E-state index contributed by atoms with van der Waals surface area (Å²) in [5.41, 5.74) is 0.416. The Morgan fingerprint density at radius 3 is 2.71 bits per heavy atom. The van der Waals surface area contributed by atoms with Crippen molar-refractivity contribution in [3.05, 3.63) is 11.5 Å². The van der Waals surface area contributed by atoms with Crippen LogP contribution in [0.25, 0.3) is 0 Å². The summed E-state index contributed by atoms with van der Waals surface area (Å²) in [5, 5.41) is 3.77. The van der Waals surface area contributed by atoms with Crippen LogP contribution >= 0.6 is 0 Å². The van der Waals surface area contributed by atoms with Gasteiger partial charge in [0.2, 0.25) is 10.0 Å². The lowest BCUT2D eigenvalue weighted by molar-refractivity contribution is -0.0720. The van der Waals surface area contributed by atoms with Crippen molar-refractivity contribution < 1.29 is 17.7 Å². The number of hydrogen-bond donors (Lipinski definition) is 0. The minimum atomic E-state index is -3.60. The zero-order chi connectivity index (χ0) is 15.2. The quantitative estimate of drug-likeness (QED) is 0.785. The van der Waals surface area contributed by atoms with Crippen molar-refractivity contribution in [2.75, 3.05) is 33.3 Å². The monoisotopic (exact) mass is 315 g/mol. The van der Waals surface area contributed by atoms with E-state index in [0.717, 1.165) is 13.0 Å². The molecule has 1 aromatic heterocycles. The van der Waals surface area contributed by atoms with E-state index in [4.69, 9.17) is 9.26 Å². The molecule has 0 saturated carbocycles. The van der Waals surface area contributed by atoms with Gasteiger partial charge in [-0.3, -0.25) is 0 Å². The van der Waals surface area contributed by atoms with E-state index >= 15 is 0 Å². The van der Waals surface area contributed by atoms with Gasteiger partial charge in [0.1, 0.15) is 10.6 Å². The van der Waals surface area contributed by atoms with Crippen molar-refractivity contribution in [2.24, 2.45) is 0 Å². The zero-order valence-electron chi connectivity index (χ0n) is 12.6. The minimum Gasteiger partial charge on any atom is -0.375 e. The molecule has 2 saturated heterocycles. The number of morpholine rings is 1.